The van der Waals surface area contributed by atoms with Crippen molar-refractivity contribution in [1.29, 1.82) is 0 Å². The van der Waals surface area contributed by atoms with Crippen molar-refractivity contribution in [2.24, 2.45) is 11.8 Å². The molecule has 160 valence electrons. The Kier molecular flexibility index (Phi) is 22.1. The van der Waals surface area contributed by atoms with Crippen LogP contribution in [0.15, 0.2) is 0 Å². The van der Waals surface area contributed by atoms with Crippen LogP contribution in [-0.2, 0) is 29.2 Å². The molecule has 0 N–H and O–H groups in total. The third-order valence-corrected chi connectivity index (χ3v) is 4.22. The average Bonchev–Trinajstić information content (AvgIpc) is 2.44. The van der Waals surface area contributed by atoms with Gasteiger partial charge in [0, 0.05) is 0 Å². The monoisotopic (exact) mass is 442 g/mol. The molecule has 0 aromatic carbocycles. The fourth-order valence-corrected chi connectivity index (χ4v) is 2.63. The largest absolute Gasteiger partial charge is 2.00 e. The molecular formula is C16H34MgO8S2. The van der Waals surface area contributed by atoms with Gasteiger partial charge >= 0.3 is 23.1 Å². The fraction of sp³-hybridized carbons (Fsp3) is 1.00. The van der Waals surface area contributed by atoms with E-state index in [1.54, 1.807) is 0 Å². The number of hydrogen-bond acceptors (Lipinski definition) is 8. The van der Waals surface area contributed by atoms with Gasteiger partial charge in [0.15, 0.2) is 0 Å². The van der Waals surface area contributed by atoms with Gasteiger partial charge in [-0.15, -0.1) is 0 Å². The summed E-state index contributed by atoms with van der Waals surface area (Å²) in [7, 11) is -8.96. The van der Waals surface area contributed by atoms with Crippen molar-refractivity contribution < 1.29 is 34.3 Å². The number of unbranched alkanes of at least 4 members (excludes halogenated alkanes) is 4. The van der Waals surface area contributed by atoms with Crippen LogP contribution in [0, 0.1) is 11.8 Å². The quantitative estimate of drug-likeness (QED) is 0.173. The van der Waals surface area contributed by atoms with Crippen molar-refractivity contribution in [3.8, 4) is 0 Å². The van der Waals surface area contributed by atoms with Crippen LogP contribution in [0.1, 0.15) is 79.1 Å². The number of rotatable bonds is 14. The van der Waals surface area contributed by atoms with Gasteiger partial charge < -0.3 is 9.11 Å². The molecule has 0 fully saturated rings. The van der Waals surface area contributed by atoms with Gasteiger partial charge in [-0.05, 0) is 24.7 Å². The molecule has 0 aromatic heterocycles. The van der Waals surface area contributed by atoms with Crippen LogP contribution in [0.4, 0.5) is 0 Å². The molecule has 0 saturated heterocycles. The van der Waals surface area contributed by atoms with E-state index in [9.17, 15) is 25.9 Å². The zero-order valence-electron chi connectivity index (χ0n) is 17.0. The van der Waals surface area contributed by atoms with Gasteiger partial charge in [0.05, 0.1) is 13.2 Å². The van der Waals surface area contributed by atoms with E-state index in [0.29, 0.717) is 24.7 Å². The standard InChI is InChI=1S/2C8H18O4S.Mg/c2*1-8(2)6-4-3-5-7-12-13(9,10)11;/h2*8H,3-7H2,1-2H3,(H,9,10,11);/q;;+2/p-2. The van der Waals surface area contributed by atoms with Crippen LogP contribution in [0.3, 0.4) is 0 Å². The third kappa shape index (κ3) is 37.9. The molecule has 0 rings (SSSR count). The van der Waals surface area contributed by atoms with Gasteiger partial charge in [-0.3, -0.25) is 8.37 Å². The second-order valence-corrected chi connectivity index (χ2v) is 9.05. The molecule has 0 radical (unpaired) electrons. The van der Waals surface area contributed by atoms with Crippen molar-refractivity contribution in [1.82, 2.24) is 0 Å². The maximum absolute atomic E-state index is 9.99. The van der Waals surface area contributed by atoms with Gasteiger partial charge in [-0.2, -0.15) is 0 Å². The molecule has 0 aromatic rings. The van der Waals surface area contributed by atoms with Crippen molar-refractivity contribution in [3.63, 3.8) is 0 Å². The molecule has 11 heteroatoms. The summed E-state index contributed by atoms with van der Waals surface area (Å²) in [4.78, 5) is 0. The van der Waals surface area contributed by atoms with Crippen LogP contribution < -0.4 is 0 Å². The molecule has 0 amide bonds. The van der Waals surface area contributed by atoms with E-state index in [2.05, 4.69) is 36.1 Å². The van der Waals surface area contributed by atoms with Crippen molar-refractivity contribution >= 4 is 43.9 Å². The summed E-state index contributed by atoms with van der Waals surface area (Å²) in [5.74, 6) is 1.34. The molecule has 0 aliphatic carbocycles. The normalized spacial score (nSPS) is 11.9. The Bertz CT molecular complexity index is 471. The first kappa shape index (κ1) is 32.2. The fourth-order valence-electron chi connectivity index (χ4n) is 1.98. The van der Waals surface area contributed by atoms with Crippen LogP contribution in [0.2, 0.25) is 0 Å². The topological polar surface area (TPSA) is 133 Å². The van der Waals surface area contributed by atoms with E-state index in [0.717, 1.165) is 38.5 Å². The first-order chi connectivity index (χ1) is 11.8. The van der Waals surface area contributed by atoms with E-state index in [4.69, 9.17) is 0 Å². The average molecular weight is 443 g/mol. The summed E-state index contributed by atoms with van der Waals surface area (Å²) in [6.45, 7) is 8.59. The Labute approximate surface area is 181 Å². The molecule has 0 aliphatic heterocycles. The minimum absolute atomic E-state index is 0. The molecular weight excluding hydrogens is 409 g/mol. The Morgan fingerprint density at radius 1 is 0.630 bits per heavy atom. The zero-order valence-corrected chi connectivity index (χ0v) is 20.1. The summed E-state index contributed by atoms with van der Waals surface area (Å²) in [5.41, 5.74) is 0. The van der Waals surface area contributed by atoms with E-state index in [1.165, 1.54) is 0 Å². The van der Waals surface area contributed by atoms with Gasteiger partial charge in [-0.1, -0.05) is 66.2 Å². The van der Waals surface area contributed by atoms with Crippen LogP contribution in [0.25, 0.3) is 0 Å². The SMILES string of the molecule is CC(C)CCCCCOS(=O)(=O)[O-].CC(C)CCCCCOS(=O)(=O)[O-].[Mg+2]. The summed E-state index contributed by atoms with van der Waals surface area (Å²) in [5, 5.41) is 0. The summed E-state index contributed by atoms with van der Waals surface area (Å²) >= 11 is 0. The molecule has 27 heavy (non-hydrogen) atoms. The van der Waals surface area contributed by atoms with E-state index < -0.39 is 20.8 Å². The zero-order chi connectivity index (χ0) is 20.6. The molecule has 0 saturated carbocycles. The molecule has 0 aliphatic rings. The predicted molar refractivity (Wildman–Crippen MR) is 104 cm³/mol. The van der Waals surface area contributed by atoms with Gasteiger partial charge in [0.2, 0.25) is 20.8 Å². The van der Waals surface area contributed by atoms with E-state index in [1.807, 2.05) is 0 Å². The first-order valence-electron chi connectivity index (χ1n) is 9.04. The summed E-state index contributed by atoms with van der Waals surface area (Å²) in [6, 6.07) is 0. The maximum atomic E-state index is 9.99. The van der Waals surface area contributed by atoms with Crippen LogP contribution >= 0.6 is 0 Å². The van der Waals surface area contributed by atoms with Gasteiger partial charge in [0.1, 0.15) is 0 Å². The molecule has 0 atom stereocenters. The second kappa shape index (κ2) is 18.5. The predicted octanol–water partition coefficient (Wildman–Crippen LogP) is 2.98. The van der Waals surface area contributed by atoms with Crippen molar-refractivity contribution in [2.45, 2.75) is 79.1 Å². The third-order valence-electron chi connectivity index (χ3n) is 3.31. The van der Waals surface area contributed by atoms with Crippen LogP contribution in [-0.4, -0.2) is 62.2 Å². The molecule has 0 unspecified atom stereocenters. The molecule has 0 bridgehead atoms. The second-order valence-electron chi connectivity index (χ2n) is 6.95. The minimum Gasteiger partial charge on any atom is -0.726 e. The Morgan fingerprint density at radius 2 is 0.926 bits per heavy atom. The molecule has 8 nitrogen and oxygen atoms in total. The maximum Gasteiger partial charge on any atom is 2.00 e. The van der Waals surface area contributed by atoms with Crippen molar-refractivity contribution in [3.05, 3.63) is 0 Å². The summed E-state index contributed by atoms with van der Waals surface area (Å²) in [6.07, 6.45) is 7.46. The Balaban J connectivity index is -0.000000411. The molecule has 0 spiro atoms. The summed E-state index contributed by atoms with van der Waals surface area (Å²) < 4.78 is 68.1. The van der Waals surface area contributed by atoms with E-state index in [-0.39, 0.29) is 36.3 Å². The smallest absolute Gasteiger partial charge is 0.726 e. The Morgan fingerprint density at radius 3 is 1.15 bits per heavy atom. The Hall–Kier alpha value is 0.506. The van der Waals surface area contributed by atoms with Crippen LogP contribution in [0.5, 0.6) is 0 Å². The first-order valence-corrected chi connectivity index (χ1v) is 11.7. The van der Waals surface area contributed by atoms with E-state index >= 15 is 0 Å². The van der Waals surface area contributed by atoms with Crippen molar-refractivity contribution in [2.75, 3.05) is 13.2 Å². The number of hydrogen-bond donors (Lipinski definition) is 0. The minimum atomic E-state index is -4.48. The molecule has 0 heterocycles. The van der Waals surface area contributed by atoms with Gasteiger partial charge in [0.25, 0.3) is 0 Å². The van der Waals surface area contributed by atoms with Gasteiger partial charge in [-0.25, -0.2) is 16.8 Å².